The van der Waals surface area contributed by atoms with Crippen LogP contribution in [0.3, 0.4) is 0 Å². The Hall–Kier alpha value is -1.73. The Bertz CT molecular complexity index is 753. The summed E-state index contributed by atoms with van der Waals surface area (Å²) in [6.45, 7) is 0.985. The van der Waals surface area contributed by atoms with Crippen LogP contribution in [-0.2, 0) is 24.8 Å². The molecule has 2 fully saturated rings. The van der Waals surface area contributed by atoms with E-state index in [9.17, 15) is 14.7 Å². The molecular weight excluding hydrogens is 408 g/mol. The maximum absolute atomic E-state index is 12.5. The highest BCUT2D eigenvalue weighted by Crippen LogP contribution is 2.42. The van der Waals surface area contributed by atoms with E-state index in [0.29, 0.717) is 50.3 Å². The van der Waals surface area contributed by atoms with Crippen molar-refractivity contribution in [2.45, 2.75) is 56.8 Å². The summed E-state index contributed by atoms with van der Waals surface area (Å²) < 4.78 is 11.9. The van der Waals surface area contributed by atoms with E-state index in [-0.39, 0.29) is 30.5 Å². The number of aliphatic hydroxyl groups excluding tert-OH is 1. The number of carboxylic acid groups (broad SMARTS) is 1. The number of hydrogen-bond acceptors (Lipinski definition) is 5. The zero-order valence-corrected chi connectivity index (χ0v) is 17.7. The van der Waals surface area contributed by atoms with Crippen molar-refractivity contribution >= 4 is 23.4 Å². The number of carbonyl (C=O) groups is 2. The first-order chi connectivity index (χ1) is 14.4. The number of Topliss-reactive ketones (excluding diaryl/α,β-unsaturated/α-hetero) is 1. The van der Waals surface area contributed by atoms with Gasteiger partial charge in [0, 0.05) is 35.8 Å². The standard InChI is InChI=1S/C23H29ClO6/c24-17-9-7-16(8-10-17)23(29-13-14-30-23)12-11-19-18(20(25)15-21(19)26)5-3-1-2-4-6-22(27)28/h1,3,7-10,18-20,25H,2,4-6,11-15H2,(H,27,28)/b3-1-/t18-,19-,20+/m1/s1. The van der Waals surface area contributed by atoms with Crippen LogP contribution in [0.5, 0.6) is 0 Å². The number of aliphatic carboxylic acids is 1. The molecule has 2 N–H and O–H groups in total. The van der Waals surface area contributed by atoms with E-state index in [2.05, 4.69) is 0 Å². The number of allylic oxidation sites excluding steroid dienone is 2. The summed E-state index contributed by atoms with van der Waals surface area (Å²) in [5.41, 5.74) is 0.880. The van der Waals surface area contributed by atoms with Crippen LogP contribution in [0.2, 0.25) is 5.02 Å². The molecule has 7 heteroatoms. The number of ketones is 1. The van der Waals surface area contributed by atoms with E-state index in [1.54, 1.807) is 12.1 Å². The van der Waals surface area contributed by atoms with Gasteiger partial charge in [-0.25, -0.2) is 0 Å². The van der Waals surface area contributed by atoms with Gasteiger partial charge < -0.3 is 19.7 Å². The van der Waals surface area contributed by atoms with Crippen LogP contribution in [0.25, 0.3) is 0 Å². The minimum absolute atomic E-state index is 0.0797. The molecule has 164 valence electrons. The lowest BCUT2D eigenvalue weighted by Crippen LogP contribution is -2.30. The van der Waals surface area contributed by atoms with Crippen molar-refractivity contribution in [3.05, 3.63) is 47.0 Å². The van der Waals surface area contributed by atoms with Gasteiger partial charge in [-0.3, -0.25) is 9.59 Å². The van der Waals surface area contributed by atoms with Gasteiger partial charge in [0.2, 0.25) is 0 Å². The van der Waals surface area contributed by atoms with E-state index < -0.39 is 17.9 Å². The number of hydrogen-bond donors (Lipinski definition) is 2. The third-order valence-corrected chi connectivity index (χ3v) is 6.25. The zero-order chi connectivity index (χ0) is 21.6. The maximum Gasteiger partial charge on any atom is 0.303 e. The molecule has 0 spiro atoms. The Kier molecular flexibility index (Phi) is 8.06. The van der Waals surface area contributed by atoms with Crippen molar-refractivity contribution in [3.63, 3.8) is 0 Å². The van der Waals surface area contributed by atoms with Gasteiger partial charge in [0.15, 0.2) is 5.79 Å². The van der Waals surface area contributed by atoms with Gasteiger partial charge in [0.05, 0.1) is 19.3 Å². The predicted octanol–water partition coefficient (Wildman–Crippen LogP) is 4.09. The van der Waals surface area contributed by atoms with Gasteiger partial charge >= 0.3 is 5.97 Å². The number of carbonyl (C=O) groups excluding carboxylic acids is 1. The van der Waals surface area contributed by atoms with Gasteiger partial charge in [-0.2, -0.15) is 0 Å². The molecule has 3 rings (SSSR count). The number of ether oxygens (including phenoxy) is 2. The molecule has 0 aromatic heterocycles. The Balaban J connectivity index is 1.61. The number of rotatable bonds is 10. The number of benzene rings is 1. The van der Waals surface area contributed by atoms with Gasteiger partial charge in [-0.15, -0.1) is 0 Å². The molecule has 1 aromatic carbocycles. The van der Waals surface area contributed by atoms with Crippen LogP contribution in [0.1, 0.15) is 50.5 Å². The smallest absolute Gasteiger partial charge is 0.303 e. The summed E-state index contributed by atoms with van der Waals surface area (Å²) in [4.78, 5) is 23.1. The average molecular weight is 437 g/mol. The zero-order valence-electron chi connectivity index (χ0n) is 17.0. The van der Waals surface area contributed by atoms with E-state index >= 15 is 0 Å². The molecule has 1 aliphatic heterocycles. The second kappa shape index (κ2) is 10.5. The van der Waals surface area contributed by atoms with Gasteiger partial charge in [-0.1, -0.05) is 35.9 Å². The van der Waals surface area contributed by atoms with Crippen LogP contribution in [0, 0.1) is 11.8 Å². The Morgan fingerprint density at radius 2 is 1.90 bits per heavy atom. The van der Waals surface area contributed by atoms with Crippen molar-refractivity contribution in [1.82, 2.24) is 0 Å². The van der Waals surface area contributed by atoms with Crippen molar-refractivity contribution < 1.29 is 29.3 Å². The first-order valence-corrected chi connectivity index (χ1v) is 10.9. The van der Waals surface area contributed by atoms with Crippen molar-refractivity contribution in [1.29, 1.82) is 0 Å². The van der Waals surface area contributed by atoms with Crippen LogP contribution < -0.4 is 0 Å². The molecule has 6 nitrogen and oxygen atoms in total. The largest absolute Gasteiger partial charge is 0.481 e. The second-order valence-corrected chi connectivity index (χ2v) is 8.43. The van der Waals surface area contributed by atoms with Crippen molar-refractivity contribution in [3.8, 4) is 0 Å². The molecule has 0 radical (unpaired) electrons. The first-order valence-electron chi connectivity index (χ1n) is 10.5. The Morgan fingerprint density at radius 3 is 2.57 bits per heavy atom. The quantitative estimate of drug-likeness (QED) is 0.424. The maximum atomic E-state index is 12.5. The fourth-order valence-corrected chi connectivity index (χ4v) is 4.54. The molecule has 1 heterocycles. The van der Waals surface area contributed by atoms with Crippen molar-refractivity contribution in [2.75, 3.05) is 13.2 Å². The summed E-state index contributed by atoms with van der Waals surface area (Å²) >= 11 is 6.00. The Labute approximate surface area is 181 Å². The molecule has 1 aliphatic carbocycles. The fourth-order valence-electron chi connectivity index (χ4n) is 4.41. The van der Waals surface area contributed by atoms with E-state index in [0.717, 1.165) is 5.56 Å². The normalized spacial score (nSPS) is 25.9. The lowest BCUT2D eigenvalue weighted by atomic mass is 9.85. The highest BCUT2D eigenvalue weighted by Gasteiger charge is 2.44. The average Bonchev–Trinajstić information content (AvgIpc) is 3.28. The first kappa shape index (κ1) is 22.9. The molecule has 30 heavy (non-hydrogen) atoms. The third kappa shape index (κ3) is 5.70. The van der Waals surface area contributed by atoms with Gasteiger partial charge in [-0.05, 0) is 43.7 Å². The molecule has 1 aromatic rings. The summed E-state index contributed by atoms with van der Waals surface area (Å²) in [6, 6.07) is 7.37. The van der Waals surface area contributed by atoms with Crippen LogP contribution in [0.4, 0.5) is 0 Å². The molecule has 1 saturated carbocycles. The lowest BCUT2D eigenvalue weighted by molar-refractivity contribution is -0.174. The molecule has 3 atom stereocenters. The highest BCUT2D eigenvalue weighted by molar-refractivity contribution is 6.30. The number of unbranched alkanes of at least 4 members (excludes halogenated alkanes) is 1. The monoisotopic (exact) mass is 436 g/mol. The predicted molar refractivity (Wildman–Crippen MR) is 112 cm³/mol. The van der Waals surface area contributed by atoms with Crippen LogP contribution in [-0.4, -0.2) is 41.3 Å². The van der Waals surface area contributed by atoms with Gasteiger partial charge in [0.1, 0.15) is 5.78 Å². The number of halogens is 1. The van der Waals surface area contributed by atoms with Crippen LogP contribution >= 0.6 is 11.6 Å². The Morgan fingerprint density at radius 1 is 1.20 bits per heavy atom. The van der Waals surface area contributed by atoms with E-state index in [1.807, 2.05) is 24.3 Å². The van der Waals surface area contributed by atoms with Crippen molar-refractivity contribution in [2.24, 2.45) is 11.8 Å². The second-order valence-electron chi connectivity index (χ2n) is 8.00. The lowest BCUT2D eigenvalue weighted by Gasteiger charge is -2.30. The molecule has 0 amide bonds. The summed E-state index contributed by atoms with van der Waals surface area (Å²) in [5.74, 6) is -1.99. The van der Waals surface area contributed by atoms with Gasteiger partial charge in [0.25, 0.3) is 0 Å². The SMILES string of the molecule is O=C(O)CCC/C=C\C[C@H]1[C@@H](O)CC(=O)[C@@H]1CCC1(c2ccc(Cl)cc2)OCCO1. The van der Waals surface area contributed by atoms with Crippen LogP contribution in [0.15, 0.2) is 36.4 Å². The molecule has 1 saturated heterocycles. The molecule has 0 bridgehead atoms. The number of carboxylic acids is 1. The van der Waals surface area contributed by atoms with E-state index in [1.165, 1.54) is 0 Å². The minimum atomic E-state index is -0.879. The summed E-state index contributed by atoms with van der Waals surface area (Å²) in [7, 11) is 0. The summed E-state index contributed by atoms with van der Waals surface area (Å²) in [5, 5.41) is 19.7. The molecule has 2 aliphatic rings. The topological polar surface area (TPSA) is 93.1 Å². The minimum Gasteiger partial charge on any atom is -0.481 e. The molecular formula is C23H29ClO6. The fraction of sp³-hybridized carbons (Fsp3) is 0.565. The van der Waals surface area contributed by atoms with E-state index in [4.69, 9.17) is 26.2 Å². The molecule has 0 unspecified atom stereocenters. The highest BCUT2D eigenvalue weighted by atomic mass is 35.5. The summed E-state index contributed by atoms with van der Waals surface area (Å²) in [6.07, 6.45) is 6.51. The number of aliphatic hydroxyl groups is 1. The third-order valence-electron chi connectivity index (χ3n) is 5.99.